The highest BCUT2D eigenvalue weighted by Crippen LogP contribution is 2.37. The zero-order valence-corrected chi connectivity index (χ0v) is 16.3. The van der Waals surface area contributed by atoms with Gasteiger partial charge < -0.3 is 14.8 Å². The van der Waals surface area contributed by atoms with E-state index in [1.807, 2.05) is 24.4 Å². The molecule has 0 saturated heterocycles. The first-order valence-electron chi connectivity index (χ1n) is 9.49. The number of ether oxygens (including phenoxy) is 2. The van der Waals surface area contributed by atoms with Crippen LogP contribution in [-0.2, 0) is 13.0 Å². The Morgan fingerprint density at radius 3 is 2.96 bits per heavy atom. The Labute approximate surface area is 164 Å². The number of thiazole rings is 1. The van der Waals surface area contributed by atoms with Crippen molar-refractivity contribution in [2.75, 3.05) is 6.54 Å². The van der Waals surface area contributed by atoms with Crippen molar-refractivity contribution in [1.82, 2.24) is 10.3 Å². The number of aromatic nitrogens is 1. The number of hydrogen-bond donors (Lipinski definition) is 1. The molecule has 140 valence electrons. The van der Waals surface area contributed by atoms with E-state index in [9.17, 15) is 0 Å². The van der Waals surface area contributed by atoms with Crippen LogP contribution in [0.25, 0.3) is 0 Å². The smallest absolute Gasteiger partial charge is 0.278 e. The third-order valence-corrected chi connectivity index (χ3v) is 5.49. The minimum Gasteiger partial charge on any atom is -0.485 e. The first-order valence-corrected chi connectivity index (χ1v) is 10.3. The fourth-order valence-electron chi connectivity index (χ4n) is 3.24. The third-order valence-electron chi connectivity index (χ3n) is 4.61. The van der Waals surface area contributed by atoms with E-state index >= 15 is 0 Å². The number of nitrogens with one attached hydrogen (secondary N) is 1. The van der Waals surface area contributed by atoms with E-state index < -0.39 is 0 Å². The molecule has 0 radical (unpaired) electrons. The third kappa shape index (κ3) is 4.49. The summed E-state index contributed by atoms with van der Waals surface area (Å²) in [6, 6.07) is 16.5. The van der Waals surface area contributed by atoms with Gasteiger partial charge in [-0.15, -0.1) is 0 Å². The fraction of sp³-hybridized carbons (Fsp3) is 0.318. The first-order chi connectivity index (χ1) is 13.3. The van der Waals surface area contributed by atoms with Gasteiger partial charge >= 0.3 is 0 Å². The Hall–Kier alpha value is -2.37. The predicted octanol–water partition coefficient (Wildman–Crippen LogP) is 5.50. The van der Waals surface area contributed by atoms with Crippen molar-refractivity contribution in [3.05, 3.63) is 70.7 Å². The van der Waals surface area contributed by atoms with Crippen LogP contribution in [0, 0.1) is 0 Å². The summed E-state index contributed by atoms with van der Waals surface area (Å²) in [5, 5.41) is 4.07. The zero-order chi connectivity index (χ0) is 18.5. The SMILES string of the molecule is CCCNCc1cnc(Oc2ccc3c(c2)CCC(c2ccccc2)O3)s1. The summed E-state index contributed by atoms with van der Waals surface area (Å²) in [5.74, 6) is 1.77. The lowest BCUT2D eigenvalue weighted by Gasteiger charge is -2.26. The summed E-state index contributed by atoms with van der Waals surface area (Å²) in [6.07, 6.45) is 5.10. The predicted molar refractivity (Wildman–Crippen MR) is 109 cm³/mol. The van der Waals surface area contributed by atoms with E-state index in [-0.39, 0.29) is 6.10 Å². The number of fused-ring (bicyclic) bond motifs is 1. The highest BCUT2D eigenvalue weighted by Gasteiger charge is 2.21. The molecule has 0 saturated carbocycles. The Kier molecular flexibility index (Phi) is 5.70. The molecule has 1 atom stereocenters. The van der Waals surface area contributed by atoms with Crippen LogP contribution < -0.4 is 14.8 Å². The molecule has 1 aliphatic rings. The summed E-state index contributed by atoms with van der Waals surface area (Å²) in [5.41, 5.74) is 2.43. The fourth-order valence-corrected chi connectivity index (χ4v) is 3.99. The molecule has 0 bridgehead atoms. The van der Waals surface area contributed by atoms with Gasteiger partial charge in [-0.1, -0.05) is 48.6 Å². The molecule has 0 fully saturated rings. The molecule has 4 rings (SSSR count). The summed E-state index contributed by atoms with van der Waals surface area (Å²) in [4.78, 5) is 5.56. The quantitative estimate of drug-likeness (QED) is 0.550. The van der Waals surface area contributed by atoms with Crippen LogP contribution in [0.1, 0.15) is 41.9 Å². The molecule has 1 aromatic heterocycles. The average molecular weight is 381 g/mol. The molecule has 1 aliphatic heterocycles. The van der Waals surface area contributed by atoms with Gasteiger partial charge in [0.1, 0.15) is 17.6 Å². The van der Waals surface area contributed by atoms with Gasteiger partial charge in [-0.05, 0) is 55.1 Å². The number of aryl methyl sites for hydroxylation is 1. The molecule has 1 N–H and O–H groups in total. The highest BCUT2D eigenvalue weighted by atomic mass is 32.1. The average Bonchev–Trinajstić information content (AvgIpc) is 3.15. The summed E-state index contributed by atoms with van der Waals surface area (Å²) in [7, 11) is 0. The molecule has 27 heavy (non-hydrogen) atoms. The minimum atomic E-state index is 0.127. The Morgan fingerprint density at radius 2 is 2.11 bits per heavy atom. The first kappa shape index (κ1) is 18.0. The topological polar surface area (TPSA) is 43.4 Å². The van der Waals surface area contributed by atoms with Gasteiger partial charge in [-0.3, -0.25) is 0 Å². The van der Waals surface area contributed by atoms with E-state index in [4.69, 9.17) is 9.47 Å². The molecule has 3 aromatic rings. The van der Waals surface area contributed by atoms with E-state index in [0.29, 0.717) is 5.19 Å². The van der Waals surface area contributed by atoms with Crippen LogP contribution in [-0.4, -0.2) is 11.5 Å². The van der Waals surface area contributed by atoms with Crippen molar-refractivity contribution in [2.24, 2.45) is 0 Å². The van der Waals surface area contributed by atoms with Gasteiger partial charge in [-0.2, -0.15) is 0 Å². The van der Waals surface area contributed by atoms with Crippen LogP contribution >= 0.6 is 11.3 Å². The monoisotopic (exact) mass is 380 g/mol. The second-order valence-corrected chi connectivity index (χ2v) is 7.77. The van der Waals surface area contributed by atoms with Crippen molar-refractivity contribution in [1.29, 1.82) is 0 Å². The minimum absolute atomic E-state index is 0.127. The standard InChI is InChI=1S/C22H24N2O2S/c1-2-12-23-14-19-15-24-22(27-19)25-18-9-11-21-17(13-18)8-10-20(26-21)16-6-4-3-5-7-16/h3-7,9,11,13,15,20,23H,2,8,10,12,14H2,1H3. The Balaban J connectivity index is 1.41. The molecule has 2 aromatic carbocycles. The zero-order valence-electron chi connectivity index (χ0n) is 15.5. The molecule has 0 spiro atoms. The van der Waals surface area contributed by atoms with Crippen molar-refractivity contribution < 1.29 is 9.47 Å². The molecule has 2 heterocycles. The van der Waals surface area contributed by atoms with Crippen molar-refractivity contribution in [2.45, 2.75) is 38.8 Å². The molecule has 4 nitrogen and oxygen atoms in total. The molecular formula is C22H24N2O2S. The van der Waals surface area contributed by atoms with Gasteiger partial charge in [0.05, 0.1) is 0 Å². The van der Waals surface area contributed by atoms with Gasteiger partial charge in [0, 0.05) is 17.6 Å². The van der Waals surface area contributed by atoms with Gasteiger partial charge in [0.15, 0.2) is 0 Å². The van der Waals surface area contributed by atoms with E-state index in [2.05, 4.69) is 47.6 Å². The summed E-state index contributed by atoms with van der Waals surface area (Å²) in [6.45, 7) is 4.02. The number of nitrogens with zero attached hydrogens (tertiary/aromatic N) is 1. The Bertz CT molecular complexity index is 879. The molecule has 5 heteroatoms. The number of hydrogen-bond acceptors (Lipinski definition) is 5. The van der Waals surface area contributed by atoms with Crippen LogP contribution in [0.4, 0.5) is 0 Å². The second kappa shape index (κ2) is 8.55. The molecule has 1 unspecified atom stereocenters. The van der Waals surface area contributed by atoms with Gasteiger partial charge in [0.2, 0.25) is 0 Å². The van der Waals surface area contributed by atoms with E-state index in [1.165, 1.54) is 16.0 Å². The molecular weight excluding hydrogens is 356 g/mol. The van der Waals surface area contributed by atoms with Crippen LogP contribution in [0.15, 0.2) is 54.7 Å². The lowest BCUT2D eigenvalue weighted by atomic mass is 9.97. The maximum atomic E-state index is 6.21. The second-order valence-electron chi connectivity index (χ2n) is 6.70. The highest BCUT2D eigenvalue weighted by molar-refractivity contribution is 7.13. The van der Waals surface area contributed by atoms with Gasteiger partial charge in [0.25, 0.3) is 5.19 Å². The largest absolute Gasteiger partial charge is 0.485 e. The van der Waals surface area contributed by atoms with Crippen LogP contribution in [0.2, 0.25) is 0 Å². The van der Waals surface area contributed by atoms with Crippen LogP contribution in [0.5, 0.6) is 16.7 Å². The van der Waals surface area contributed by atoms with E-state index in [0.717, 1.165) is 43.9 Å². The maximum Gasteiger partial charge on any atom is 0.278 e. The maximum absolute atomic E-state index is 6.21. The lowest BCUT2D eigenvalue weighted by Crippen LogP contribution is -2.15. The molecule has 0 amide bonds. The Morgan fingerprint density at radius 1 is 1.22 bits per heavy atom. The summed E-state index contributed by atoms with van der Waals surface area (Å²) >= 11 is 1.59. The van der Waals surface area contributed by atoms with Crippen molar-refractivity contribution >= 4 is 11.3 Å². The van der Waals surface area contributed by atoms with Gasteiger partial charge in [-0.25, -0.2) is 4.98 Å². The summed E-state index contributed by atoms with van der Waals surface area (Å²) < 4.78 is 12.2. The number of benzene rings is 2. The molecule has 0 aliphatic carbocycles. The van der Waals surface area contributed by atoms with Crippen molar-refractivity contribution in [3.8, 4) is 16.7 Å². The van der Waals surface area contributed by atoms with Crippen LogP contribution in [0.3, 0.4) is 0 Å². The van der Waals surface area contributed by atoms with Crippen molar-refractivity contribution in [3.63, 3.8) is 0 Å². The normalized spacial score (nSPS) is 15.8. The lowest BCUT2D eigenvalue weighted by molar-refractivity contribution is 0.176. The number of rotatable bonds is 7. The van der Waals surface area contributed by atoms with E-state index in [1.54, 1.807) is 11.3 Å².